The molecule has 2 heterocycles. The maximum absolute atomic E-state index is 6.23. The van der Waals surface area contributed by atoms with Crippen molar-refractivity contribution in [2.45, 2.75) is 0 Å². The molecule has 5 heteroatoms. The minimum Gasteiger partial charge on any atom is -0.455 e. The molecular weight excluding hydrogens is 418 g/mol. The number of rotatable bonds is 3. The van der Waals surface area contributed by atoms with Crippen molar-refractivity contribution in [2.75, 3.05) is 0 Å². The van der Waals surface area contributed by atoms with Crippen LogP contribution in [-0.4, -0.2) is 15.0 Å². The second-order valence-electron chi connectivity index (χ2n) is 7.46. The molecule has 2 aromatic heterocycles. The van der Waals surface area contributed by atoms with Crippen molar-refractivity contribution in [3.8, 4) is 34.2 Å². The number of hydrogen-bond acceptors (Lipinski definition) is 4. The smallest absolute Gasteiger partial charge is 0.167 e. The number of halogens is 1. The molecule has 0 radical (unpaired) electrons. The Labute approximate surface area is 189 Å². The highest BCUT2D eigenvalue weighted by atomic mass is 35.5. The lowest BCUT2D eigenvalue weighted by Crippen LogP contribution is -2.00. The highest BCUT2D eigenvalue weighted by molar-refractivity contribution is 6.31. The number of para-hydroxylation sites is 1. The van der Waals surface area contributed by atoms with Crippen molar-refractivity contribution in [1.29, 1.82) is 0 Å². The molecule has 0 amide bonds. The van der Waals surface area contributed by atoms with Crippen LogP contribution in [0.2, 0.25) is 5.02 Å². The van der Waals surface area contributed by atoms with Gasteiger partial charge in [0.15, 0.2) is 17.5 Å². The van der Waals surface area contributed by atoms with Crippen LogP contribution in [0.15, 0.2) is 101 Å². The van der Waals surface area contributed by atoms with Crippen LogP contribution in [0.5, 0.6) is 0 Å². The molecule has 4 aromatic carbocycles. The van der Waals surface area contributed by atoms with Gasteiger partial charge in [0.2, 0.25) is 0 Å². The highest BCUT2D eigenvalue weighted by Crippen LogP contribution is 2.36. The van der Waals surface area contributed by atoms with Gasteiger partial charge >= 0.3 is 0 Å². The molecular formula is C27H16ClN3O. The third kappa shape index (κ3) is 3.22. The lowest BCUT2D eigenvalue weighted by molar-refractivity contribution is 0.669. The van der Waals surface area contributed by atoms with E-state index in [2.05, 4.69) is 0 Å². The van der Waals surface area contributed by atoms with Gasteiger partial charge in [-0.05, 0) is 18.2 Å². The minimum atomic E-state index is 0.563. The Balaban J connectivity index is 1.63. The summed E-state index contributed by atoms with van der Waals surface area (Å²) in [6.07, 6.45) is 0. The van der Waals surface area contributed by atoms with E-state index in [1.54, 1.807) is 0 Å². The number of hydrogen-bond donors (Lipinski definition) is 0. The van der Waals surface area contributed by atoms with Crippen LogP contribution >= 0.6 is 11.6 Å². The summed E-state index contributed by atoms with van der Waals surface area (Å²) in [5.41, 5.74) is 4.13. The first-order valence-corrected chi connectivity index (χ1v) is 10.6. The second kappa shape index (κ2) is 7.59. The van der Waals surface area contributed by atoms with Crippen LogP contribution in [0.3, 0.4) is 0 Å². The van der Waals surface area contributed by atoms with Gasteiger partial charge in [-0.1, -0.05) is 84.4 Å². The summed E-state index contributed by atoms with van der Waals surface area (Å²) in [5, 5.41) is 2.64. The molecule has 6 aromatic rings. The predicted octanol–water partition coefficient (Wildman–Crippen LogP) is 7.43. The zero-order valence-corrected chi connectivity index (χ0v) is 17.6. The van der Waals surface area contributed by atoms with Gasteiger partial charge in [-0.25, -0.2) is 15.0 Å². The zero-order chi connectivity index (χ0) is 21.5. The zero-order valence-electron chi connectivity index (χ0n) is 16.9. The average molecular weight is 434 g/mol. The van der Waals surface area contributed by atoms with E-state index in [9.17, 15) is 0 Å². The van der Waals surface area contributed by atoms with Crippen LogP contribution < -0.4 is 0 Å². The fourth-order valence-corrected chi connectivity index (χ4v) is 4.04. The van der Waals surface area contributed by atoms with Crippen molar-refractivity contribution in [3.05, 3.63) is 102 Å². The lowest BCUT2D eigenvalue weighted by Gasteiger charge is -2.08. The molecule has 0 atom stereocenters. The van der Waals surface area contributed by atoms with Crippen molar-refractivity contribution in [1.82, 2.24) is 15.0 Å². The Morgan fingerprint density at radius 3 is 1.84 bits per heavy atom. The van der Waals surface area contributed by atoms with Gasteiger partial charge in [-0.2, -0.15) is 0 Å². The molecule has 152 valence electrons. The number of aromatic nitrogens is 3. The number of benzene rings is 4. The van der Waals surface area contributed by atoms with Crippen LogP contribution in [-0.2, 0) is 0 Å². The Morgan fingerprint density at radius 1 is 0.562 bits per heavy atom. The summed E-state index contributed by atoms with van der Waals surface area (Å²) in [4.78, 5) is 14.4. The van der Waals surface area contributed by atoms with Gasteiger partial charge in [0.1, 0.15) is 11.2 Å². The molecule has 4 nitrogen and oxygen atoms in total. The predicted molar refractivity (Wildman–Crippen MR) is 128 cm³/mol. The first kappa shape index (κ1) is 18.7. The monoisotopic (exact) mass is 433 g/mol. The topological polar surface area (TPSA) is 51.8 Å². The summed E-state index contributed by atoms with van der Waals surface area (Å²) < 4.78 is 6.23. The first-order valence-electron chi connectivity index (χ1n) is 10.2. The van der Waals surface area contributed by atoms with E-state index >= 15 is 0 Å². The summed E-state index contributed by atoms with van der Waals surface area (Å²) in [5.74, 6) is 1.80. The van der Waals surface area contributed by atoms with Gasteiger partial charge in [0.25, 0.3) is 0 Å². The highest BCUT2D eigenvalue weighted by Gasteiger charge is 2.17. The molecule has 0 bridgehead atoms. The minimum absolute atomic E-state index is 0.563. The quantitative estimate of drug-likeness (QED) is 0.291. The molecule has 0 spiro atoms. The van der Waals surface area contributed by atoms with E-state index in [0.29, 0.717) is 22.5 Å². The van der Waals surface area contributed by atoms with Gasteiger partial charge in [-0.15, -0.1) is 0 Å². The standard InChI is InChI=1S/C27H16ClN3O/c28-19-14-15-20-21-12-7-13-22(24(21)32-23(20)16-19)27-30-25(17-8-3-1-4-9-17)29-26(31-27)18-10-5-2-6-11-18/h1-16H. The fraction of sp³-hybridized carbons (Fsp3) is 0. The first-order chi connectivity index (χ1) is 15.8. The molecule has 0 saturated heterocycles. The average Bonchev–Trinajstić information content (AvgIpc) is 3.22. The molecule has 0 N–H and O–H groups in total. The van der Waals surface area contributed by atoms with Crippen molar-refractivity contribution in [2.24, 2.45) is 0 Å². The molecule has 0 saturated carbocycles. The van der Waals surface area contributed by atoms with E-state index < -0.39 is 0 Å². The molecule has 6 rings (SSSR count). The van der Waals surface area contributed by atoms with E-state index in [0.717, 1.165) is 38.6 Å². The molecule has 0 aliphatic carbocycles. The Morgan fingerprint density at radius 2 is 1.19 bits per heavy atom. The largest absolute Gasteiger partial charge is 0.455 e. The maximum atomic E-state index is 6.23. The van der Waals surface area contributed by atoms with Gasteiger partial charge < -0.3 is 4.42 Å². The van der Waals surface area contributed by atoms with Crippen molar-refractivity contribution < 1.29 is 4.42 Å². The van der Waals surface area contributed by atoms with Crippen LogP contribution in [0.4, 0.5) is 0 Å². The van der Waals surface area contributed by atoms with Crippen LogP contribution in [0.25, 0.3) is 56.1 Å². The van der Waals surface area contributed by atoms with Crippen LogP contribution in [0, 0.1) is 0 Å². The van der Waals surface area contributed by atoms with Crippen molar-refractivity contribution in [3.63, 3.8) is 0 Å². The molecule has 32 heavy (non-hydrogen) atoms. The third-order valence-electron chi connectivity index (χ3n) is 5.40. The number of nitrogens with zero attached hydrogens (tertiary/aromatic N) is 3. The molecule has 0 unspecified atom stereocenters. The molecule has 0 aliphatic rings. The SMILES string of the molecule is Clc1ccc2c(c1)oc1c(-c3nc(-c4ccccc4)nc(-c4ccccc4)n3)cccc12. The lowest BCUT2D eigenvalue weighted by atomic mass is 10.1. The fourth-order valence-electron chi connectivity index (χ4n) is 3.88. The maximum Gasteiger partial charge on any atom is 0.167 e. The summed E-state index contributed by atoms with van der Waals surface area (Å²) in [6.45, 7) is 0. The summed E-state index contributed by atoms with van der Waals surface area (Å²) >= 11 is 6.19. The number of fused-ring (bicyclic) bond motifs is 3. The van der Waals surface area contributed by atoms with Gasteiger partial charge in [0, 0.05) is 33.0 Å². The van der Waals surface area contributed by atoms with Crippen molar-refractivity contribution >= 4 is 33.5 Å². The Hall–Kier alpha value is -4.02. The number of furan rings is 1. The van der Waals surface area contributed by atoms with Gasteiger partial charge in [-0.3, -0.25) is 0 Å². The Kier molecular flexibility index (Phi) is 4.44. The van der Waals surface area contributed by atoms with Gasteiger partial charge in [0.05, 0.1) is 5.56 Å². The Bertz CT molecular complexity index is 1520. The molecule has 0 aliphatic heterocycles. The van der Waals surface area contributed by atoms with E-state index in [1.807, 2.05) is 97.1 Å². The summed E-state index contributed by atoms with van der Waals surface area (Å²) in [7, 11) is 0. The van der Waals surface area contributed by atoms with Crippen LogP contribution in [0.1, 0.15) is 0 Å². The summed E-state index contributed by atoms with van der Waals surface area (Å²) in [6, 6.07) is 31.5. The van der Waals surface area contributed by atoms with E-state index in [1.165, 1.54) is 0 Å². The normalized spacial score (nSPS) is 11.3. The second-order valence-corrected chi connectivity index (χ2v) is 7.90. The van der Waals surface area contributed by atoms with E-state index in [4.69, 9.17) is 31.0 Å². The third-order valence-corrected chi connectivity index (χ3v) is 5.64. The molecule has 0 fully saturated rings. The van der Waals surface area contributed by atoms with E-state index in [-0.39, 0.29) is 0 Å².